The number of aromatic carboxylic acids is 1. The number of carbonyl (C=O) groups is 2. The van der Waals surface area contributed by atoms with Crippen LogP contribution in [-0.2, 0) is 19.6 Å². The van der Waals surface area contributed by atoms with Gasteiger partial charge in [-0.1, -0.05) is 45.0 Å². The smallest absolute Gasteiger partial charge is 0.335 e. The summed E-state index contributed by atoms with van der Waals surface area (Å²) in [6.45, 7) is 10.8. The van der Waals surface area contributed by atoms with Crippen molar-refractivity contribution < 1.29 is 32.6 Å². The molecule has 3 aromatic rings. The minimum Gasteiger partial charge on any atom is -0.478 e. The van der Waals surface area contributed by atoms with E-state index >= 15 is 0 Å². The highest BCUT2D eigenvalue weighted by Gasteiger charge is 2.29. The van der Waals surface area contributed by atoms with Gasteiger partial charge in [0.2, 0.25) is 11.8 Å². The SMILES string of the molecule is COC(=O)C1CCC(N[C@H](CCC(C)(C)C)COc2cc(-c3c(C)cccc3C)nc(NS(=O)(=O)c3cccc(C(=O)O)c3)n2)CC1. The Hall–Kier alpha value is -4.03. The average molecular weight is 667 g/mol. The fourth-order valence-corrected chi connectivity index (χ4v) is 6.86. The van der Waals surface area contributed by atoms with E-state index in [4.69, 9.17) is 9.47 Å². The van der Waals surface area contributed by atoms with E-state index < -0.39 is 16.0 Å². The van der Waals surface area contributed by atoms with Crippen molar-refractivity contribution in [2.45, 2.75) is 90.1 Å². The van der Waals surface area contributed by atoms with Crippen molar-refractivity contribution >= 4 is 27.9 Å². The highest BCUT2D eigenvalue weighted by molar-refractivity contribution is 7.92. The lowest BCUT2D eigenvalue weighted by molar-refractivity contribution is -0.146. The predicted molar refractivity (Wildman–Crippen MR) is 180 cm³/mol. The van der Waals surface area contributed by atoms with E-state index in [-0.39, 0.29) is 58.3 Å². The second-order valence-electron chi connectivity index (χ2n) is 13.5. The van der Waals surface area contributed by atoms with Crippen LogP contribution in [0.5, 0.6) is 5.88 Å². The van der Waals surface area contributed by atoms with Gasteiger partial charge in [0.25, 0.3) is 10.0 Å². The molecule has 12 heteroatoms. The van der Waals surface area contributed by atoms with Crippen molar-refractivity contribution in [3.8, 4) is 17.1 Å². The number of aromatic nitrogens is 2. The fraction of sp³-hybridized carbons (Fsp3) is 0.486. The number of methoxy groups -OCH3 is 1. The number of carboxylic acid groups (broad SMARTS) is 1. The number of hydrogen-bond acceptors (Lipinski definition) is 9. The Kier molecular flexibility index (Phi) is 11.6. The van der Waals surface area contributed by atoms with Crippen LogP contribution in [0.15, 0.2) is 53.4 Å². The Balaban J connectivity index is 1.61. The molecule has 47 heavy (non-hydrogen) atoms. The zero-order chi connectivity index (χ0) is 34.4. The summed E-state index contributed by atoms with van der Waals surface area (Å²) in [7, 11) is -2.80. The molecule has 1 fully saturated rings. The maximum atomic E-state index is 13.4. The lowest BCUT2D eigenvalue weighted by atomic mass is 9.85. The quantitative estimate of drug-likeness (QED) is 0.181. The molecule has 0 saturated heterocycles. The molecular weight excluding hydrogens is 620 g/mol. The molecule has 1 aliphatic carbocycles. The highest BCUT2D eigenvalue weighted by atomic mass is 32.2. The molecule has 2 aromatic carbocycles. The van der Waals surface area contributed by atoms with Crippen molar-refractivity contribution in [2.24, 2.45) is 11.3 Å². The summed E-state index contributed by atoms with van der Waals surface area (Å²) in [6, 6.07) is 12.8. The van der Waals surface area contributed by atoms with Gasteiger partial charge in [0.05, 0.1) is 29.2 Å². The number of rotatable bonds is 13. The number of nitrogens with one attached hydrogen (secondary N) is 2. The van der Waals surface area contributed by atoms with Crippen LogP contribution in [0.1, 0.15) is 80.8 Å². The third-order valence-electron chi connectivity index (χ3n) is 8.47. The van der Waals surface area contributed by atoms with E-state index in [1.165, 1.54) is 25.3 Å². The van der Waals surface area contributed by atoms with Gasteiger partial charge in [-0.3, -0.25) is 4.79 Å². The summed E-state index contributed by atoms with van der Waals surface area (Å²) in [5, 5.41) is 13.1. The number of hydrogen-bond donors (Lipinski definition) is 3. The zero-order valence-electron chi connectivity index (χ0n) is 28.0. The van der Waals surface area contributed by atoms with Crippen LogP contribution in [-0.4, -0.2) is 61.2 Å². The van der Waals surface area contributed by atoms with Crippen molar-refractivity contribution in [1.29, 1.82) is 0 Å². The van der Waals surface area contributed by atoms with Gasteiger partial charge in [0, 0.05) is 23.7 Å². The first-order valence-corrected chi connectivity index (χ1v) is 17.4. The van der Waals surface area contributed by atoms with Crippen LogP contribution < -0.4 is 14.8 Å². The zero-order valence-corrected chi connectivity index (χ0v) is 28.8. The summed E-state index contributed by atoms with van der Waals surface area (Å²) in [5.74, 6) is -1.45. The van der Waals surface area contributed by atoms with E-state index in [1.807, 2.05) is 32.0 Å². The molecule has 3 N–H and O–H groups in total. The van der Waals surface area contributed by atoms with Crippen LogP contribution in [0.25, 0.3) is 11.3 Å². The largest absolute Gasteiger partial charge is 0.478 e. The summed E-state index contributed by atoms with van der Waals surface area (Å²) >= 11 is 0. The molecular formula is C35H46N4O7S. The lowest BCUT2D eigenvalue weighted by Gasteiger charge is -2.32. The minimum atomic E-state index is -4.23. The third-order valence-corrected chi connectivity index (χ3v) is 9.79. The molecule has 1 heterocycles. The number of anilines is 1. The Morgan fingerprint density at radius 3 is 2.28 bits per heavy atom. The Bertz CT molecular complexity index is 1660. The van der Waals surface area contributed by atoms with Gasteiger partial charge >= 0.3 is 11.9 Å². The number of esters is 1. The molecule has 1 atom stereocenters. The molecule has 0 unspecified atom stereocenters. The minimum absolute atomic E-state index is 0.0218. The normalized spacial score (nSPS) is 17.5. The molecule has 0 aliphatic heterocycles. The molecule has 4 rings (SSSR count). The summed E-state index contributed by atoms with van der Waals surface area (Å²) in [5.41, 5.74) is 3.17. The van der Waals surface area contributed by atoms with Crippen molar-refractivity contribution in [3.63, 3.8) is 0 Å². The van der Waals surface area contributed by atoms with Gasteiger partial charge in [-0.2, -0.15) is 4.98 Å². The fourth-order valence-electron chi connectivity index (χ4n) is 5.87. The summed E-state index contributed by atoms with van der Waals surface area (Å²) in [6.07, 6.45) is 5.02. The molecule has 254 valence electrons. The number of nitrogens with zero attached hydrogens (tertiary/aromatic N) is 2. The Morgan fingerprint density at radius 1 is 1.00 bits per heavy atom. The van der Waals surface area contributed by atoms with Crippen LogP contribution in [0.3, 0.4) is 0 Å². The average Bonchev–Trinajstić information content (AvgIpc) is 3.01. The summed E-state index contributed by atoms with van der Waals surface area (Å²) < 4.78 is 40.4. The van der Waals surface area contributed by atoms with Crippen LogP contribution in [0.2, 0.25) is 0 Å². The van der Waals surface area contributed by atoms with Gasteiger partial charge in [-0.05, 0) is 87.1 Å². The number of benzene rings is 2. The number of carbonyl (C=O) groups excluding carboxylic acids is 1. The van der Waals surface area contributed by atoms with Crippen molar-refractivity contribution in [3.05, 3.63) is 65.2 Å². The molecule has 0 amide bonds. The standard InChI is InChI=1S/C35H46N4O7S/c1-22-9-7-10-23(2)31(22)29-20-30(38-34(37-29)39-47(43,44)28-12-8-11-25(19-28)32(40)41)46-21-27(17-18-35(3,4)5)36-26-15-13-24(14-16-26)33(42)45-6/h7-12,19-20,24,26-27,36H,13-18,21H2,1-6H3,(H,40,41)(H,37,38,39)/t24?,26?,27-/m1/s1. The van der Waals surface area contributed by atoms with Gasteiger partial charge < -0.3 is 19.9 Å². The molecule has 1 saturated carbocycles. The van der Waals surface area contributed by atoms with Crippen LogP contribution >= 0.6 is 0 Å². The molecule has 0 bridgehead atoms. The van der Waals surface area contributed by atoms with E-state index in [0.717, 1.165) is 61.3 Å². The predicted octanol–water partition coefficient (Wildman–Crippen LogP) is 6.15. The molecule has 1 aromatic heterocycles. The first-order valence-electron chi connectivity index (χ1n) is 15.9. The van der Waals surface area contributed by atoms with E-state index in [1.54, 1.807) is 6.07 Å². The van der Waals surface area contributed by atoms with Gasteiger partial charge in [0.1, 0.15) is 6.61 Å². The first kappa shape index (κ1) is 35.8. The monoisotopic (exact) mass is 666 g/mol. The number of aryl methyl sites for hydroxylation is 2. The number of ether oxygens (including phenoxy) is 2. The van der Waals surface area contributed by atoms with Crippen molar-refractivity contribution in [2.75, 3.05) is 18.4 Å². The topological polar surface area (TPSA) is 157 Å². The van der Waals surface area contributed by atoms with Crippen LogP contribution in [0.4, 0.5) is 5.95 Å². The third kappa shape index (κ3) is 9.98. The van der Waals surface area contributed by atoms with Crippen molar-refractivity contribution in [1.82, 2.24) is 15.3 Å². The highest BCUT2D eigenvalue weighted by Crippen LogP contribution is 2.31. The maximum Gasteiger partial charge on any atom is 0.335 e. The van der Waals surface area contributed by atoms with Gasteiger partial charge in [-0.15, -0.1) is 0 Å². The maximum absolute atomic E-state index is 13.4. The van der Waals surface area contributed by atoms with E-state index in [9.17, 15) is 23.1 Å². The van der Waals surface area contributed by atoms with Gasteiger partial charge in [0.15, 0.2) is 0 Å². The first-order chi connectivity index (χ1) is 22.1. The van der Waals surface area contributed by atoms with Gasteiger partial charge in [-0.25, -0.2) is 22.9 Å². The Morgan fingerprint density at radius 2 is 1.66 bits per heavy atom. The summed E-state index contributed by atoms with van der Waals surface area (Å²) in [4.78, 5) is 32.3. The molecule has 1 aliphatic rings. The second kappa shape index (κ2) is 15.2. The lowest BCUT2D eigenvalue weighted by Crippen LogP contribution is -2.44. The molecule has 0 spiro atoms. The van der Waals surface area contributed by atoms with E-state index in [2.05, 4.69) is 40.8 Å². The van der Waals surface area contributed by atoms with Crippen LogP contribution in [0, 0.1) is 25.2 Å². The number of carboxylic acids is 1. The Labute approximate surface area is 277 Å². The molecule has 0 radical (unpaired) electrons. The van der Waals surface area contributed by atoms with E-state index in [0.29, 0.717) is 5.69 Å². The number of sulfonamides is 1. The second-order valence-corrected chi connectivity index (χ2v) is 15.1. The molecule has 11 nitrogen and oxygen atoms in total.